The molecule has 2 aromatic heterocycles. The third-order valence-electron chi connectivity index (χ3n) is 3.96. The average Bonchev–Trinajstić information content (AvgIpc) is 2.94. The summed E-state index contributed by atoms with van der Waals surface area (Å²) >= 11 is 1.25. The van der Waals surface area contributed by atoms with Crippen LogP contribution in [-0.2, 0) is 7.05 Å². The van der Waals surface area contributed by atoms with Gasteiger partial charge in [-0.1, -0.05) is 6.92 Å². The van der Waals surface area contributed by atoms with Gasteiger partial charge in [-0.3, -0.25) is 9.59 Å². The van der Waals surface area contributed by atoms with E-state index < -0.39 is 0 Å². The molecular formula is C17H25N5O2S. The molecule has 0 fully saturated rings. The molecule has 0 aliphatic heterocycles. The fourth-order valence-electron chi connectivity index (χ4n) is 2.46. The van der Waals surface area contributed by atoms with Crippen molar-refractivity contribution in [2.24, 2.45) is 7.05 Å². The van der Waals surface area contributed by atoms with Gasteiger partial charge in [0.05, 0.1) is 17.0 Å². The highest BCUT2D eigenvalue weighted by Crippen LogP contribution is 2.28. The highest BCUT2D eigenvalue weighted by Gasteiger charge is 2.20. The van der Waals surface area contributed by atoms with E-state index in [0.29, 0.717) is 27.7 Å². The average molecular weight is 363 g/mol. The summed E-state index contributed by atoms with van der Waals surface area (Å²) in [5, 5.41) is 10.9. The van der Waals surface area contributed by atoms with Crippen LogP contribution in [0.3, 0.4) is 0 Å². The Bertz CT molecular complexity index is 825. The largest absolute Gasteiger partial charge is 0.350 e. The molecule has 0 unspecified atom stereocenters. The van der Waals surface area contributed by atoms with E-state index in [1.165, 1.54) is 16.0 Å². The van der Waals surface area contributed by atoms with Gasteiger partial charge in [0.1, 0.15) is 9.88 Å². The summed E-state index contributed by atoms with van der Waals surface area (Å²) in [6.07, 6.45) is 1.06. The molecule has 1 amide bonds. The molecule has 8 heteroatoms. The number of amides is 1. The van der Waals surface area contributed by atoms with Gasteiger partial charge in [-0.05, 0) is 39.3 Å². The van der Waals surface area contributed by atoms with Crippen molar-refractivity contribution in [1.29, 1.82) is 0 Å². The maximum absolute atomic E-state index is 12.5. The number of hydrogen-bond donors (Lipinski definition) is 2. The van der Waals surface area contributed by atoms with Crippen LogP contribution in [0.4, 0.5) is 0 Å². The maximum Gasteiger partial charge on any atom is 0.277 e. The lowest BCUT2D eigenvalue weighted by atomic mass is 10.1. The molecule has 0 aliphatic carbocycles. The SMILES string of the molecule is CCCNCCNC(=O)c1sc(-c2c(C)c(C)nn(C)c2=O)nc1C. The normalized spacial score (nSPS) is 10.9. The van der Waals surface area contributed by atoms with Crippen LogP contribution in [0.1, 0.15) is 40.0 Å². The summed E-state index contributed by atoms with van der Waals surface area (Å²) < 4.78 is 1.31. The lowest BCUT2D eigenvalue weighted by molar-refractivity contribution is 0.0957. The first-order valence-electron chi connectivity index (χ1n) is 8.38. The lowest BCUT2D eigenvalue weighted by Gasteiger charge is -2.07. The number of nitrogens with one attached hydrogen (secondary N) is 2. The highest BCUT2D eigenvalue weighted by molar-refractivity contribution is 7.17. The van der Waals surface area contributed by atoms with Crippen molar-refractivity contribution < 1.29 is 4.79 Å². The molecule has 0 aliphatic rings. The molecule has 0 atom stereocenters. The first-order chi connectivity index (χ1) is 11.9. The molecule has 2 heterocycles. The zero-order chi connectivity index (χ0) is 18.6. The Labute approximate surface area is 151 Å². The first kappa shape index (κ1) is 19.3. The molecule has 0 saturated carbocycles. The van der Waals surface area contributed by atoms with Crippen molar-refractivity contribution in [3.63, 3.8) is 0 Å². The molecule has 136 valence electrons. The van der Waals surface area contributed by atoms with E-state index in [0.717, 1.165) is 30.8 Å². The maximum atomic E-state index is 12.5. The quantitative estimate of drug-likeness (QED) is 0.729. The number of aryl methyl sites for hydroxylation is 3. The third kappa shape index (κ3) is 4.32. The molecule has 2 rings (SSSR count). The van der Waals surface area contributed by atoms with Crippen molar-refractivity contribution in [2.45, 2.75) is 34.1 Å². The zero-order valence-electron chi connectivity index (χ0n) is 15.4. The molecule has 2 N–H and O–H groups in total. The van der Waals surface area contributed by atoms with E-state index >= 15 is 0 Å². The fraction of sp³-hybridized carbons (Fsp3) is 0.529. The smallest absolute Gasteiger partial charge is 0.277 e. The van der Waals surface area contributed by atoms with Gasteiger partial charge in [-0.2, -0.15) is 5.10 Å². The topological polar surface area (TPSA) is 88.9 Å². The second-order valence-electron chi connectivity index (χ2n) is 5.95. The predicted molar refractivity (Wildman–Crippen MR) is 100 cm³/mol. The Kier molecular flexibility index (Phi) is 6.44. The Balaban J connectivity index is 2.24. The van der Waals surface area contributed by atoms with Gasteiger partial charge < -0.3 is 10.6 Å². The van der Waals surface area contributed by atoms with Gasteiger partial charge in [-0.25, -0.2) is 9.67 Å². The third-order valence-corrected chi connectivity index (χ3v) is 5.13. The Morgan fingerprint density at radius 2 is 1.88 bits per heavy atom. The monoisotopic (exact) mass is 363 g/mol. The first-order valence-corrected chi connectivity index (χ1v) is 9.19. The van der Waals surface area contributed by atoms with Gasteiger partial charge >= 0.3 is 0 Å². The van der Waals surface area contributed by atoms with Crippen LogP contribution < -0.4 is 16.2 Å². The summed E-state index contributed by atoms with van der Waals surface area (Å²) in [5.74, 6) is -0.153. The fourth-order valence-corrected chi connectivity index (χ4v) is 3.54. The van der Waals surface area contributed by atoms with Crippen molar-refractivity contribution in [3.05, 3.63) is 32.2 Å². The van der Waals surface area contributed by atoms with E-state index in [4.69, 9.17) is 0 Å². The molecule has 2 aromatic rings. The summed E-state index contributed by atoms with van der Waals surface area (Å²) in [6.45, 7) is 9.82. The number of thiazole rings is 1. The van der Waals surface area contributed by atoms with Crippen molar-refractivity contribution in [3.8, 4) is 10.6 Å². The minimum Gasteiger partial charge on any atom is -0.350 e. The predicted octanol–water partition coefficient (Wildman–Crippen LogP) is 1.56. The van der Waals surface area contributed by atoms with E-state index in [2.05, 4.69) is 27.6 Å². The molecule has 7 nitrogen and oxygen atoms in total. The highest BCUT2D eigenvalue weighted by atomic mass is 32.1. The minimum absolute atomic E-state index is 0.153. The van der Waals surface area contributed by atoms with Gasteiger partial charge in [-0.15, -0.1) is 11.3 Å². The van der Waals surface area contributed by atoms with Crippen LogP contribution in [0.25, 0.3) is 10.6 Å². The minimum atomic E-state index is -0.201. The van der Waals surface area contributed by atoms with Crippen LogP contribution in [0.5, 0.6) is 0 Å². The summed E-state index contributed by atoms with van der Waals surface area (Å²) in [5.41, 5.74) is 2.53. The van der Waals surface area contributed by atoms with Gasteiger partial charge in [0, 0.05) is 20.1 Å². The summed E-state index contributed by atoms with van der Waals surface area (Å²) in [4.78, 5) is 29.9. The second kappa shape index (κ2) is 8.35. The molecular weight excluding hydrogens is 338 g/mol. The number of rotatable bonds is 7. The number of carbonyl (C=O) groups is 1. The van der Waals surface area contributed by atoms with E-state index in [9.17, 15) is 9.59 Å². The number of carbonyl (C=O) groups excluding carboxylic acids is 1. The molecule has 25 heavy (non-hydrogen) atoms. The lowest BCUT2D eigenvalue weighted by Crippen LogP contribution is -2.32. The van der Waals surface area contributed by atoms with Crippen molar-refractivity contribution in [2.75, 3.05) is 19.6 Å². The number of aromatic nitrogens is 3. The summed E-state index contributed by atoms with van der Waals surface area (Å²) in [7, 11) is 1.62. The van der Waals surface area contributed by atoms with Crippen LogP contribution >= 0.6 is 11.3 Å². The van der Waals surface area contributed by atoms with Crippen LogP contribution in [-0.4, -0.2) is 40.3 Å². The van der Waals surface area contributed by atoms with E-state index in [-0.39, 0.29) is 11.5 Å². The second-order valence-corrected chi connectivity index (χ2v) is 6.95. The Morgan fingerprint density at radius 3 is 2.56 bits per heavy atom. The summed E-state index contributed by atoms with van der Waals surface area (Å²) in [6, 6.07) is 0. The van der Waals surface area contributed by atoms with E-state index in [1.807, 2.05) is 13.8 Å². The number of hydrogen-bond acceptors (Lipinski definition) is 6. The molecule has 0 aromatic carbocycles. The van der Waals surface area contributed by atoms with Gasteiger partial charge in [0.15, 0.2) is 0 Å². The van der Waals surface area contributed by atoms with Crippen molar-refractivity contribution >= 4 is 17.2 Å². The van der Waals surface area contributed by atoms with Crippen LogP contribution in [0.2, 0.25) is 0 Å². The molecule has 0 spiro atoms. The van der Waals surface area contributed by atoms with Gasteiger partial charge in [0.2, 0.25) is 0 Å². The van der Waals surface area contributed by atoms with Crippen LogP contribution in [0.15, 0.2) is 4.79 Å². The van der Waals surface area contributed by atoms with E-state index in [1.54, 1.807) is 14.0 Å². The number of nitrogens with zero attached hydrogens (tertiary/aromatic N) is 3. The Morgan fingerprint density at radius 1 is 1.16 bits per heavy atom. The standard InChI is InChI=1S/C17H25N5O2S/c1-6-7-18-8-9-19-15(23)14-12(4)20-16(25-14)13-10(2)11(3)21-22(5)17(13)24/h18H,6-9H2,1-5H3,(H,19,23). The zero-order valence-corrected chi connectivity index (χ0v) is 16.2. The van der Waals surface area contributed by atoms with Gasteiger partial charge in [0.25, 0.3) is 11.5 Å². The van der Waals surface area contributed by atoms with Crippen molar-refractivity contribution in [1.82, 2.24) is 25.4 Å². The molecule has 0 saturated heterocycles. The molecule has 0 radical (unpaired) electrons. The van der Waals surface area contributed by atoms with Crippen LogP contribution in [0, 0.1) is 20.8 Å². The molecule has 0 bridgehead atoms. The Hall–Kier alpha value is -2.06.